The van der Waals surface area contributed by atoms with Crippen molar-refractivity contribution < 1.29 is 19.0 Å². The van der Waals surface area contributed by atoms with E-state index in [2.05, 4.69) is 55.8 Å². The second-order valence-electron chi connectivity index (χ2n) is 9.80. The molecule has 0 saturated heterocycles. The van der Waals surface area contributed by atoms with Crippen molar-refractivity contribution in [1.82, 2.24) is 0 Å². The molecule has 0 atom stereocenters. The zero-order chi connectivity index (χ0) is 27.1. The lowest BCUT2D eigenvalue weighted by molar-refractivity contribution is -0.129. The van der Waals surface area contributed by atoms with Crippen LogP contribution in [0.25, 0.3) is 17.2 Å². The summed E-state index contributed by atoms with van der Waals surface area (Å²) in [6.45, 7) is 10.8. The summed E-state index contributed by atoms with van der Waals surface area (Å²) in [6.07, 6.45) is 7.23. The van der Waals surface area contributed by atoms with Crippen LogP contribution in [0.3, 0.4) is 0 Å². The second-order valence-corrected chi connectivity index (χ2v) is 9.80. The molecule has 0 unspecified atom stereocenters. The molecule has 3 nitrogen and oxygen atoms in total. The van der Waals surface area contributed by atoms with Crippen LogP contribution in [-0.2, 0) is 21.6 Å². The molecule has 3 rings (SSSR count). The summed E-state index contributed by atoms with van der Waals surface area (Å²) in [4.78, 5) is 10.4. The van der Waals surface area contributed by atoms with Gasteiger partial charge in [-0.3, -0.25) is 4.79 Å². The first-order valence-electron chi connectivity index (χ1n) is 13.2. The molecular formula is C33H39FO3. The second kappa shape index (κ2) is 12.3. The number of ether oxygens (including phenoxy) is 1. The van der Waals surface area contributed by atoms with Gasteiger partial charge in [-0.2, -0.15) is 0 Å². The third-order valence-electron chi connectivity index (χ3n) is 7.96. The van der Waals surface area contributed by atoms with Crippen molar-refractivity contribution in [1.29, 1.82) is 0 Å². The topological polar surface area (TPSA) is 46.5 Å². The highest BCUT2D eigenvalue weighted by Gasteiger charge is 2.31. The van der Waals surface area contributed by atoms with Crippen LogP contribution in [0.2, 0.25) is 0 Å². The number of halogens is 1. The molecule has 0 spiro atoms. The van der Waals surface area contributed by atoms with Crippen molar-refractivity contribution >= 4 is 12.5 Å². The van der Waals surface area contributed by atoms with Crippen LogP contribution >= 0.6 is 0 Å². The van der Waals surface area contributed by atoms with E-state index >= 15 is 0 Å². The zero-order valence-electron chi connectivity index (χ0n) is 22.7. The molecule has 0 saturated carbocycles. The lowest BCUT2D eigenvalue weighted by Gasteiger charge is -2.34. The van der Waals surface area contributed by atoms with Gasteiger partial charge in [-0.25, -0.2) is 4.39 Å². The minimum Gasteiger partial charge on any atom is -0.463 e. The van der Waals surface area contributed by atoms with Crippen LogP contribution in [0.5, 0.6) is 0 Å². The molecule has 0 amide bonds. The monoisotopic (exact) mass is 502 g/mol. The fourth-order valence-electron chi connectivity index (χ4n) is 5.07. The highest BCUT2D eigenvalue weighted by molar-refractivity contribution is 5.65. The molecule has 0 heterocycles. The van der Waals surface area contributed by atoms with Gasteiger partial charge in [0, 0.05) is 11.0 Å². The van der Waals surface area contributed by atoms with Crippen molar-refractivity contribution in [3.63, 3.8) is 0 Å². The first-order valence-corrected chi connectivity index (χ1v) is 13.2. The Labute approximate surface area is 221 Å². The Morgan fingerprint density at radius 1 is 0.838 bits per heavy atom. The van der Waals surface area contributed by atoms with Gasteiger partial charge in [-0.15, -0.1) is 0 Å². The van der Waals surface area contributed by atoms with Gasteiger partial charge in [-0.05, 0) is 72.1 Å². The Hall–Kier alpha value is -3.24. The van der Waals surface area contributed by atoms with E-state index in [-0.39, 0.29) is 17.8 Å². The normalized spacial score (nSPS) is 12.2. The van der Waals surface area contributed by atoms with Crippen LogP contribution < -0.4 is 0 Å². The molecular weight excluding hydrogens is 463 g/mol. The molecule has 0 aliphatic rings. The molecule has 0 aliphatic carbocycles. The van der Waals surface area contributed by atoms with E-state index in [0.717, 1.165) is 29.5 Å². The van der Waals surface area contributed by atoms with E-state index in [1.807, 2.05) is 44.2 Å². The molecule has 0 aliphatic heterocycles. The molecule has 196 valence electrons. The van der Waals surface area contributed by atoms with Crippen molar-refractivity contribution in [2.24, 2.45) is 0 Å². The number of aliphatic hydroxyl groups is 1. The molecule has 0 aromatic heterocycles. The van der Waals surface area contributed by atoms with E-state index in [0.29, 0.717) is 24.9 Å². The average Bonchev–Trinajstić information content (AvgIpc) is 2.93. The Bertz CT molecular complexity index is 1220. The number of hydrogen-bond donors (Lipinski definition) is 1. The summed E-state index contributed by atoms with van der Waals surface area (Å²) in [6, 6.07) is 20.0. The Morgan fingerprint density at radius 3 is 2.00 bits per heavy atom. The van der Waals surface area contributed by atoms with Crippen LogP contribution in [-0.4, -0.2) is 17.2 Å². The first kappa shape index (κ1) is 28.3. The number of aryl methyl sites for hydroxylation is 1. The van der Waals surface area contributed by atoms with E-state index < -0.39 is 5.60 Å². The van der Waals surface area contributed by atoms with Gasteiger partial charge in [0.05, 0.1) is 5.60 Å². The number of benzene rings is 3. The molecule has 0 bridgehead atoms. The summed E-state index contributed by atoms with van der Waals surface area (Å²) >= 11 is 0. The number of rotatable bonds is 12. The number of carbonyl (C=O) groups excluding carboxylic acids is 1. The van der Waals surface area contributed by atoms with Gasteiger partial charge in [0.2, 0.25) is 0 Å². The Kier molecular flexibility index (Phi) is 9.45. The third kappa shape index (κ3) is 6.19. The maximum Gasteiger partial charge on any atom is 0.293 e. The minimum atomic E-state index is -0.768. The molecule has 4 heteroatoms. The average molecular weight is 503 g/mol. The molecule has 37 heavy (non-hydrogen) atoms. The molecule has 0 fully saturated rings. The predicted octanol–water partition coefficient (Wildman–Crippen LogP) is 8.14. The quantitative estimate of drug-likeness (QED) is 0.254. The van der Waals surface area contributed by atoms with Gasteiger partial charge in [-0.1, -0.05) is 94.4 Å². The van der Waals surface area contributed by atoms with Crippen LogP contribution in [0.15, 0.2) is 66.7 Å². The van der Waals surface area contributed by atoms with Crippen molar-refractivity contribution in [3.8, 4) is 11.1 Å². The maximum atomic E-state index is 14.5. The van der Waals surface area contributed by atoms with Crippen LogP contribution in [0, 0.1) is 12.7 Å². The van der Waals surface area contributed by atoms with Crippen molar-refractivity contribution in [2.75, 3.05) is 0 Å². The number of carbonyl (C=O) groups is 1. The third-order valence-corrected chi connectivity index (χ3v) is 7.96. The zero-order valence-corrected chi connectivity index (χ0v) is 22.7. The van der Waals surface area contributed by atoms with Gasteiger partial charge in [0.15, 0.2) is 0 Å². The fourth-order valence-corrected chi connectivity index (χ4v) is 5.07. The summed E-state index contributed by atoms with van der Waals surface area (Å²) in [5.41, 5.74) is 5.96. The van der Waals surface area contributed by atoms with E-state index in [1.54, 1.807) is 6.07 Å². The fraction of sp³-hybridized carbons (Fsp3) is 0.364. The van der Waals surface area contributed by atoms with E-state index in [1.165, 1.54) is 22.8 Å². The highest BCUT2D eigenvalue weighted by Crippen LogP contribution is 2.40. The lowest BCUT2D eigenvalue weighted by atomic mass is 9.70. The largest absolute Gasteiger partial charge is 0.463 e. The molecule has 3 aromatic carbocycles. The van der Waals surface area contributed by atoms with Gasteiger partial charge in [0.1, 0.15) is 12.4 Å². The molecule has 0 radical (unpaired) electrons. The highest BCUT2D eigenvalue weighted by atomic mass is 19.1. The number of hydrogen-bond acceptors (Lipinski definition) is 3. The minimum absolute atomic E-state index is 0.0733. The standard InChI is InChI=1S/C33H39FO3/c1-6-32(36,7-2)19-18-25-12-17-30(20-24(25)5)33(8-3,9-4)29-15-13-26(14-16-29)27-10-11-28(22-37-23-35)31(34)21-27/h10-21,23,36H,6-9,22H2,1-5H3/b19-18+. The van der Waals surface area contributed by atoms with Crippen LogP contribution in [0.1, 0.15) is 81.2 Å². The lowest BCUT2D eigenvalue weighted by Crippen LogP contribution is -2.26. The summed E-state index contributed by atoms with van der Waals surface area (Å²) in [7, 11) is 0. The van der Waals surface area contributed by atoms with Crippen LogP contribution in [0.4, 0.5) is 4.39 Å². The summed E-state index contributed by atoms with van der Waals surface area (Å²) < 4.78 is 19.2. The van der Waals surface area contributed by atoms with Gasteiger partial charge >= 0.3 is 0 Å². The van der Waals surface area contributed by atoms with Crippen molar-refractivity contribution in [2.45, 2.75) is 77.9 Å². The maximum absolute atomic E-state index is 14.5. The predicted molar refractivity (Wildman–Crippen MR) is 150 cm³/mol. The van der Waals surface area contributed by atoms with Gasteiger partial charge in [0.25, 0.3) is 6.47 Å². The molecule has 3 aromatic rings. The smallest absolute Gasteiger partial charge is 0.293 e. The van der Waals surface area contributed by atoms with E-state index in [4.69, 9.17) is 0 Å². The van der Waals surface area contributed by atoms with E-state index in [9.17, 15) is 14.3 Å². The Morgan fingerprint density at radius 2 is 1.46 bits per heavy atom. The molecule has 1 N–H and O–H groups in total. The van der Waals surface area contributed by atoms with Gasteiger partial charge < -0.3 is 9.84 Å². The first-order chi connectivity index (χ1) is 17.8. The SMILES string of the molecule is CCC(O)(/C=C/c1ccc(C(CC)(CC)c2ccc(-c3ccc(COC=O)c(F)c3)cc2)cc1C)CC. The summed E-state index contributed by atoms with van der Waals surface area (Å²) in [5, 5.41) is 10.6. The van der Waals surface area contributed by atoms with Crippen molar-refractivity contribution in [3.05, 3.63) is 100 Å². The Balaban J connectivity index is 1.92. The summed E-state index contributed by atoms with van der Waals surface area (Å²) in [5.74, 6) is -0.388.